The smallest absolute Gasteiger partial charge is 0.251 e. The third-order valence-electron chi connectivity index (χ3n) is 3.43. The predicted molar refractivity (Wildman–Crippen MR) is 87.3 cm³/mol. The molecule has 3 aromatic rings. The maximum Gasteiger partial charge on any atom is 0.251 e. The van der Waals surface area contributed by atoms with E-state index in [1.54, 1.807) is 18.3 Å². The molecular weight excluding hydrogens is 272 g/mol. The molecule has 0 unspecified atom stereocenters. The summed E-state index contributed by atoms with van der Waals surface area (Å²) in [5.74, 6) is -0.0728. The van der Waals surface area contributed by atoms with E-state index < -0.39 is 0 Å². The second kappa shape index (κ2) is 6.68. The zero-order chi connectivity index (χ0) is 15.2. The van der Waals surface area contributed by atoms with Crippen molar-refractivity contribution in [3.8, 4) is 11.3 Å². The largest absolute Gasteiger partial charge is 0.348 e. The fourth-order valence-electron chi connectivity index (χ4n) is 2.31. The molecule has 1 heterocycles. The molecule has 0 aliphatic heterocycles. The third kappa shape index (κ3) is 3.20. The summed E-state index contributed by atoms with van der Waals surface area (Å²) in [6.45, 7) is 0.473. The third-order valence-corrected chi connectivity index (χ3v) is 3.43. The van der Waals surface area contributed by atoms with Crippen molar-refractivity contribution in [2.24, 2.45) is 0 Å². The van der Waals surface area contributed by atoms with E-state index in [-0.39, 0.29) is 5.91 Å². The second-order valence-corrected chi connectivity index (χ2v) is 4.92. The molecule has 0 fully saturated rings. The lowest BCUT2D eigenvalue weighted by atomic mass is 10.0. The topological polar surface area (TPSA) is 42.0 Å². The van der Waals surface area contributed by atoms with Crippen LogP contribution in [-0.2, 0) is 6.54 Å². The Labute approximate surface area is 129 Å². The Morgan fingerprint density at radius 3 is 2.36 bits per heavy atom. The second-order valence-electron chi connectivity index (χ2n) is 4.92. The maximum atomic E-state index is 12.1. The Balaban J connectivity index is 1.78. The summed E-state index contributed by atoms with van der Waals surface area (Å²) in [5, 5.41) is 2.96. The fourth-order valence-corrected chi connectivity index (χ4v) is 2.31. The number of aromatic nitrogens is 1. The number of pyridine rings is 1. The highest BCUT2D eigenvalue weighted by molar-refractivity contribution is 5.94. The van der Waals surface area contributed by atoms with Crippen molar-refractivity contribution in [1.82, 2.24) is 10.3 Å². The van der Waals surface area contributed by atoms with Gasteiger partial charge in [-0.25, -0.2) is 0 Å². The van der Waals surface area contributed by atoms with Gasteiger partial charge in [0.2, 0.25) is 0 Å². The number of rotatable bonds is 4. The molecule has 0 aliphatic carbocycles. The Hall–Kier alpha value is -2.94. The van der Waals surface area contributed by atoms with Crippen molar-refractivity contribution in [2.75, 3.05) is 0 Å². The van der Waals surface area contributed by atoms with E-state index in [1.165, 1.54) is 0 Å². The first-order valence-corrected chi connectivity index (χ1v) is 7.17. The number of nitrogens with zero attached hydrogens (tertiary/aromatic N) is 1. The summed E-state index contributed by atoms with van der Waals surface area (Å²) in [6, 6.07) is 23.0. The first kappa shape index (κ1) is 14.0. The monoisotopic (exact) mass is 288 g/mol. The average Bonchev–Trinajstić information content (AvgIpc) is 2.61. The average molecular weight is 288 g/mol. The number of carbonyl (C=O) groups excluding carboxylic acids is 1. The Kier molecular flexibility index (Phi) is 4.25. The van der Waals surface area contributed by atoms with Crippen LogP contribution in [0.15, 0.2) is 79.0 Å². The van der Waals surface area contributed by atoms with Crippen LogP contribution in [0.3, 0.4) is 0 Å². The molecule has 1 aromatic heterocycles. The molecule has 0 bridgehead atoms. The fraction of sp³-hybridized carbons (Fsp3) is 0.0526. The standard InChI is InChI=1S/C19H16N2O/c22-19(15-8-2-1-3-9-15)21-14-16-10-4-5-11-17(16)18-12-6-7-13-20-18/h1-13H,14H2,(H,21,22). The van der Waals surface area contributed by atoms with Crippen LogP contribution in [0.5, 0.6) is 0 Å². The van der Waals surface area contributed by atoms with E-state index >= 15 is 0 Å². The van der Waals surface area contributed by atoms with Gasteiger partial charge in [-0.3, -0.25) is 9.78 Å². The minimum absolute atomic E-state index is 0.0728. The van der Waals surface area contributed by atoms with E-state index in [1.807, 2.05) is 60.7 Å². The highest BCUT2D eigenvalue weighted by Gasteiger charge is 2.08. The van der Waals surface area contributed by atoms with Crippen LogP contribution in [0.4, 0.5) is 0 Å². The van der Waals surface area contributed by atoms with Gasteiger partial charge in [-0.1, -0.05) is 48.5 Å². The van der Waals surface area contributed by atoms with Crippen molar-refractivity contribution in [3.05, 3.63) is 90.1 Å². The number of nitrogens with one attached hydrogen (secondary N) is 1. The van der Waals surface area contributed by atoms with Gasteiger partial charge < -0.3 is 5.32 Å². The lowest BCUT2D eigenvalue weighted by molar-refractivity contribution is 0.0951. The van der Waals surface area contributed by atoms with Crippen molar-refractivity contribution < 1.29 is 4.79 Å². The molecule has 2 aromatic carbocycles. The van der Waals surface area contributed by atoms with Crippen LogP contribution in [0, 0.1) is 0 Å². The SMILES string of the molecule is O=C(NCc1ccccc1-c1ccccn1)c1ccccc1. The van der Waals surface area contributed by atoms with Crippen molar-refractivity contribution in [3.63, 3.8) is 0 Å². The van der Waals surface area contributed by atoms with Crippen LogP contribution in [0.2, 0.25) is 0 Å². The van der Waals surface area contributed by atoms with Crippen molar-refractivity contribution in [1.29, 1.82) is 0 Å². The molecule has 0 saturated carbocycles. The highest BCUT2D eigenvalue weighted by atomic mass is 16.1. The molecule has 0 saturated heterocycles. The minimum Gasteiger partial charge on any atom is -0.348 e. The molecule has 0 radical (unpaired) electrons. The lowest BCUT2D eigenvalue weighted by Gasteiger charge is -2.10. The van der Waals surface area contributed by atoms with Crippen LogP contribution in [0.25, 0.3) is 11.3 Å². The summed E-state index contributed by atoms with van der Waals surface area (Å²) in [6.07, 6.45) is 1.77. The van der Waals surface area contributed by atoms with Gasteiger partial charge in [-0.05, 0) is 29.8 Å². The van der Waals surface area contributed by atoms with Gasteiger partial charge in [0, 0.05) is 23.9 Å². The minimum atomic E-state index is -0.0728. The van der Waals surface area contributed by atoms with Gasteiger partial charge in [-0.15, -0.1) is 0 Å². The molecule has 1 N–H and O–H groups in total. The van der Waals surface area contributed by atoms with Gasteiger partial charge in [0.25, 0.3) is 5.91 Å². The molecule has 0 atom stereocenters. The van der Waals surface area contributed by atoms with E-state index in [2.05, 4.69) is 10.3 Å². The zero-order valence-electron chi connectivity index (χ0n) is 12.1. The Morgan fingerprint density at radius 2 is 1.59 bits per heavy atom. The maximum absolute atomic E-state index is 12.1. The quantitative estimate of drug-likeness (QED) is 0.795. The van der Waals surface area contributed by atoms with E-state index in [9.17, 15) is 4.79 Å². The molecule has 3 heteroatoms. The number of benzene rings is 2. The van der Waals surface area contributed by atoms with Crippen LogP contribution in [-0.4, -0.2) is 10.9 Å². The van der Waals surface area contributed by atoms with E-state index in [4.69, 9.17) is 0 Å². The number of hydrogen-bond acceptors (Lipinski definition) is 2. The lowest BCUT2D eigenvalue weighted by Crippen LogP contribution is -2.23. The van der Waals surface area contributed by atoms with Crippen LogP contribution < -0.4 is 5.32 Å². The molecular formula is C19H16N2O. The first-order valence-electron chi connectivity index (χ1n) is 7.17. The Bertz CT molecular complexity index is 755. The normalized spacial score (nSPS) is 10.2. The van der Waals surface area contributed by atoms with E-state index in [0.717, 1.165) is 16.8 Å². The van der Waals surface area contributed by atoms with Crippen molar-refractivity contribution >= 4 is 5.91 Å². The van der Waals surface area contributed by atoms with Crippen LogP contribution >= 0.6 is 0 Å². The van der Waals surface area contributed by atoms with Gasteiger partial charge in [0.1, 0.15) is 0 Å². The predicted octanol–water partition coefficient (Wildman–Crippen LogP) is 3.68. The summed E-state index contributed by atoms with van der Waals surface area (Å²) in [5.41, 5.74) is 3.66. The van der Waals surface area contributed by atoms with E-state index in [0.29, 0.717) is 12.1 Å². The number of amides is 1. The number of hydrogen-bond donors (Lipinski definition) is 1. The summed E-state index contributed by atoms with van der Waals surface area (Å²) in [7, 11) is 0. The van der Waals surface area contributed by atoms with Gasteiger partial charge in [0.15, 0.2) is 0 Å². The molecule has 0 spiro atoms. The molecule has 3 rings (SSSR count). The highest BCUT2D eigenvalue weighted by Crippen LogP contribution is 2.21. The Morgan fingerprint density at radius 1 is 0.864 bits per heavy atom. The van der Waals surface area contributed by atoms with Gasteiger partial charge in [-0.2, -0.15) is 0 Å². The summed E-state index contributed by atoms with van der Waals surface area (Å²) in [4.78, 5) is 16.5. The first-order chi connectivity index (χ1) is 10.8. The zero-order valence-corrected chi connectivity index (χ0v) is 12.1. The molecule has 0 aliphatic rings. The number of carbonyl (C=O) groups is 1. The molecule has 1 amide bonds. The van der Waals surface area contributed by atoms with Gasteiger partial charge >= 0.3 is 0 Å². The summed E-state index contributed by atoms with van der Waals surface area (Å²) >= 11 is 0. The summed E-state index contributed by atoms with van der Waals surface area (Å²) < 4.78 is 0. The molecule has 108 valence electrons. The molecule has 3 nitrogen and oxygen atoms in total. The molecule has 22 heavy (non-hydrogen) atoms. The van der Waals surface area contributed by atoms with Crippen molar-refractivity contribution in [2.45, 2.75) is 6.54 Å². The van der Waals surface area contributed by atoms with Gasteiger partial charge in [0.05, 0.1) is 5.69 Å². The van der Waals surface area contributed by atoms with Crippen LogP contribution in [0.1, 0.15) is 15.9 Å².